The molecule has 2 aromatic rings. The number of benzene rings is 2. The normalized spacial score (nSPS) is 20.5. The lowest BCUT2D eigenvalue weighted by molar-refractivity contribution is -0.0440. The van der Waals surface area contributed by atoms with Crippen LogP contribution in [0.15, 0.2) is 53.4 Å². The maximum atomic E-state index is 13.0. The lowest BCUT2D eigenvalue weighted by Gasteiger charge is -2.34. The number of nitrogens with zero attached hydrogens (tertiary/aromatic N) is 1. The summed E-state index contributed by atoms with van der Waals surface area (Å²) in [5.74, 6) is 0.0571. The van der Waals surface area contributed by atoms with E-state index >= 15 is 0 Å². The van der Waals surface area contributed by atoms with Gasteiger partial charge in [-0.2, -0.15) is 4.31 Å². The van der Waals surface area contributed by atoms with Crippen LogP contribution in [0.3, 0.4) is 0 Å². The molecule has 0 bridgehead atoms. The van der Waals surface area contributed by atoms with Gasteiger partial charge in [0.15, 0.2) is 9.84 Å². The minimum Gasteiger partial charge on any atom is -0.373 e. The lowest BCUT2D eigenvalue weighted by Crippen LogP contribution is -2.48. The Morgan fingerprint density at radius 1 is 0.812 bits per heavy atom. The predicted molar refractivity (Wildman–Crippen MR) is 127 cm³/mol. The molecule has 1 aliphatic heterocycles. The van der Waals surface area contributed by atoms with Gasteiger partial charge in [-0.3, -0.25) is 0 Å². The van der Waals surface area contributed by atoms with Crippen LogP contribution in [0.5, 0.6) is 0 Å². The molecular weight excluding hydrogens is 446 g/mol. The van der Waals surface area contributed by atoms with Crippen molar-refractivity contribution in [2.75, 3.05) is 13.1 Å². The quantitative estimate of drug-likeness (QED) is 0.578. The van der Waals surface area contributed by atoms with E-state index in [4.69, 9.17) is 4.74 Å². The van der Waals surface area contributed by atoms with E-state index in [9.17, 15) is 16.8 Å². The molecule has 1 heterocycles. The molecule has 0 radical (unpaired) electrons. The monoisotopic (exact) mass is 479 g/mol. The van der Waals surface area contributed by atoms with Gasteiger partial charge in [-0.15, -0.1) is 0 Å². The Bertz CT molecular complexity index is 1100. The standard InChI is InChI=1S/C24H33NO5S2/c1-18(2)31(26,27)17-23-9-7-21(8-10-23)5-6-22-11-13-24(14-12-22)32(28,29)25-15-19(3)30-20(4)16-25/h7-14,18-20H,5-6,15-17H2,1-4H3/t19-,20+. The van der Waals surface area contributed by atoms with Gasteiger partial charge in [-0.1, -0.05) is 36.4 Å². The Morgan fingerprint density at radius 3 is 1.72 bits per heavy atom. The first-order valence-electron chi connectivity index (χ1n) is 11.0. The third kappa shape index (κ3) is 6.19. The summed E-state index contributed by atoms with van der Waals surface area (Å²) in [5, 5.41) is -0.385. The van der Waals surface area contributed by atoms with Crippen molar-refractivity contribution in [3.8, 4) is 0 Å². The van der Waals surface area contributed by atoms with Gasteiger partial charge in [-0.05, 0) is 69.4 Å². The van der Waals surface area contributed by atoms with Crippen LogP contribution in [-0.2, 0) is 43.2 Å². The summed E-state index contributed by atoms with van der Waals surface area (Å²) in [4.78, 5) is 0.304. The number of rotatable bonds is 8. The topological polar surface area (TPSA) is 80.8 Å². The number of hydrogen-bond donors (Lipinski definition) is 0. The maximum absolute atomic E-state index is 13.0. The second-order valence-corrected chi connectivity index (χ2v) is 13.4. The van der Waals surface area contributed by atoms with Crippen molar-refractivity contribution in [3.05, 3.63) is 65.2 Å². The molecule has 0 spiro atoms. The number of aryl methyl sites for hydroxylation is 2. The second-order valence-electron chi connectivity index (χ2n) is 8.90. The highest BCUT2D eigenvalue weighted by Gasteiger charge is 2.32. The molecule has 8 heteroatoms. The Labute approximate surface area is 192 Å². The zero-order chi connectivity index (χ0) is 23.5. The van der Waals surface area contributed by atoms with E-state index in [0.717, 1.165) is 29.5 Å². The van der Waals surface area contributed by atoms with Gasteiger partial charge in [0.05, 0.1) is 28.1 Å². The smallest absolute Gasteiger partial charge is 0.243 e. The first-order chi connectivity index (χ1) is 15.0. The molecule has 32 heavy (non-hydrogen) atoms. The largest absolute Gasteiger partial charge is 0.373 e. The Hall–Kier alpha value is -1.74. The number of sulfone groups is 1. The fraction of sp³-hybridized carbons (Fsp3) is 0.500. The van der Waals surface area contributed by atoms with Crippen molar-refractivity contribution in [2.24, 2.45) is 0 Å². The Kier molecular flexibility index (Phi) is 7.81. The van der Waals surface area contributed by atoms with Gasteiger partial charge in [0.1, 0.15) is 0 Å². The summed E-state index contributed by atoms with van der Waals surface area (Å²) in [5.41, 5.74) is 2.96. The van der Waals surface area contributed by atoms with E-state index in [1.807, 2.05) is 50.2 Å². The third-order valence-corrected chi connectivity index (χ3v) is 9.78. The predicted octanol–water partition coefficient (Wildman–Crippen LogP) is 3.59. The van der Waals surface area contributed by atoms with Crippen molar-refractivity contribution in [1.82, 2.24) is 4.31 Å². The van der Waals surface area contributed by atoms with E-state index in [1.54, 1.807) is 26.0 Å². The van der Waals surface area contributed by atoms with E-state index in [1.165, 1.54) is 4.31 Å². The first kappa shape index (κ1) is 24.9. The maximum Gasteiger partial charge on any atom is 0.243 e. The van der Waals surface area contributed by atoms with E-state index in [2.05, 4.69) is 0 Å². The highest BCUT2D eigenvalue weighted by atomic mass is 32.2. The molecule has 0 aliphatic carbocycles. The molecule has 6 nitrogen and oxygen atoms in total. The summed E-state index contributed by atoms with van der Waals surface area (Å²) in [6, 6.07) is 14.7. The first-order valence-corrected chi connectivity index (χ1v) is 14.2. The average molecular weight is 480 g/mol. The molecule has 3 rings (SSSR count). The van der Waals surface area contributed by atoms with E-state index < -0.39 is 19.9 Å². The lowest BCUT2D eigenvalue weighted by atomic mass is 10.0. The third-order valence-electron chi connectivity index (χ3n) is 5.76. The van der Waals surface area contributed by atoms with Crippen LogP contribution in [-0.4, -0.2) is 51.7 Å². The SMILES string of the molecule is CC(C)S(=O)(=O)Cc1ccc(CCc2ccc(S(=O)(=O)N3C[C@@H](C)O[C@@H](C)C3)cc2)cc1. The average Bonchev–Trinajstić information content (AvgIpc) is 2.72. The van der Waals surface area contributed by atoms with Crippen molar-refractivity contribution in [3.63, 3.8) is 0 Å². The molecule has 176 valence electrons. The van der Waals surface area contributed by atoms with Crippen molar-refractivity contribution in [1.29, 1.82) is 0 Å². The molecular formula is C24H33NO5S2. The Balaban J connectivity index is 1.60. The zero-order valence-corrected chi connectivity index (χ0v) is 20.8. The molecule has 0 aromatic heterocycles. The summed E-state index contributed by atoms with van der Waals surface area (Å²) in [6.45, 7) is 7.89. The molecule has 0 unspecified atom stereocenters. The van der Waals surface area contributed by atoms with Gasteiger partial charge in [0, 0.05) is 13.1 Å². The molecule has 1 saturated heterocycles. The van der Waals surface area contributed by atoms with Crippen LogP contribution < -0.4 is 0 Å². The molecule has 1 fully saturated rings. The van der Waals surface area contributed by atoms with Gasteiger partial charge in [0.25, 0.3) is 0 Å². The van der Waals surface area contributed by atoms with E-state index in [0.29, 0.717) is 18.0 Å². The van der Waals surface area contributed by atoms with Crippen LogP contribution in [0.2, 0.25) is 0 Å². The van der Waals surface area contributed by atoms with Crippen LogP contribution in [0.25, 0.3) is 0 Å². The fourth-order valence-electron chi connectivity index (χ4n) is 3.79. The van der Waals surface area contributed by atoms with Crippen molar-refractivity contribution < 1.29 is 21.6 Å². The molecule has 0 saturated carbocycles. The van der Waals surface area contributed by atoms with Crippen molar-refractivity contribution in [2.45, 2.75) is 68.6 Å². The van der Waals surface area contributed by atoms with Gasteiger partial charge in [-0.25, -0.2) is 16.8 Å². The summed E-state index contributed by atoms with van der Waals surface area (Å²) >= 11 is 0. The summed E-state index contributed by atoms with van der Waals surface area (Å²) in [6.07, 6.45) is 1.33. The van der Waals surface area contributed by atoms with Crippen molar-refractivity contribution >= 4 is 19.9 Å². The van der Waals surface area contributed by atoms with Gasteiger partial charge >= 0.3 is 0 Å². The fourth-order valence-corrected chi connectivity index (χ4v) is 6.37. The minimum absolute atomic E-state index is 0.0571. The molecule has 0 N–H and O–H groups in total. The second kappa shape index (κ2) is 10.0. The van der Waals surface area contributed by atoms with Crippen LogP contribution in [0, 0.1) is 0 Å². The van der Waals surface area contributed by atoms with Crippen LogP contribution in [0.4, 0.5) is 0 Å². The number of sulfonamides is 1. The van der Waals surface area contributed by atoms with Gasteiger partial charge in [0.2, 0.25) is 10.0 Å². The highest BCUT2D eigenvalue weighted by Crippen LogP contribution is 2.22. The van der Waals surface area contributed by atoms with Crippen LogP contribution in [0.1, 0.15) is 44.4 Å². The minimum atomic E-state index is -3.53. The number of morpholine rings is 1. The van der Waals surface area contributed by atoms with E-state index in [-0.39, 0.29) is 23.2 Å². The Morgan fingerprint density at radius 2 is 1.25 bits per heavy atom. The summed E-state index contributed by atoms with van der Waals surface area (Å²) in [7, 11) is -6.64. The zero-order valence-electron chi connectivity index (χ0n) is 19.2. The van der Waals surface area contributed by atoms with Crippen LogP contribution >= 0.6 is 0 Å². The molecule has 1 aliphatic rings. The molecule has 0 amide bonds. The number of ether oxygens (including phenoxy) is 1. The highest BCUT2D eigenvalue weighted by molar-refractivity contribution is 7.91. The summed E-state index contributed by atoms with van der Waals surface area (Å²) < 4.78 is 57.2. The number of hydrogen-bond acceptors (Lipinski definition) is 5. The molecule has 2 atom stereocenters. The molecule has 2 aromatic carbocycles. The van der Waals surface area contributed by atoms with Gasteiger partial charge < -0.3 is 4.74 Å².